The first-order chi connectivity index (χ1) is 8.90. The Balaban J connectivity index is 2.83. The Labute approximate surface area is 111 Å². The molecular formula is C11H17FN2O4S. The van der Waals surface area contributed by atoms with Gasteiger partial charge in [0.25, 0.3) is 0 Å². The molecule has 0 radical (unpaired) electrons. The molecule has 0 aliphatic heterocycles. The van der Waals surface area contributed by atoms with Gasteiger partial charge in [-0.25, -0.2) is 17.5 Å². The van der Waals surface area contributed by atoms with Crippen LogP contribution in [0, 0.1) is 5.82 Å². The van der Waals surface area contributed by atoms with Gasteiger partial charge in [0.2, 0.25) is 10.0 Å². The normalized spacial score (nSPS) is 13.4. The number of benzene rings is 1. The Bertz CT molecular complexity index is 521. The van der Waals surface area contributed by atoms with Gasteiger partial charge < -0.3 is 15.2 Å². The van der Waals surface area contributed by atoms with Gasteiger partial charge in [0, 0.05) is 26.5 Å². The van der Waals surface area contributed by atoms with Gasteiger partial charge in [-0.15, -0.1) is 0 Å². The van der Waals surface area contributed by atoms with Gasteiger partial charge in [0.1, 0.15) is 10.7 Å². The molecule has 1 atom stereocenters. The second-order valence-corrected chi connectivity index (χ2v) is 5.59. The van der Waals surface area contributed by atoms with Crippen LogP contribution in [0.3, 0.4) is 0 Å². The van der Waals surface area contributed by atoms with Crippen LogP contribution < -0.4 is 10.5 Å². The summed E-state index contributed by atoms with van der Waals surface area (Å²) in [5.74, 6) is -0.859. The Morgan fingerprint density at radius 2 is 2.11 bits per heavy atom. The molecule has 1 aromatic carbocycles. The molecule has 0 spiro atoms. The molecule has 0 fully saturated rings. The molecule has 0 aromatic heterocycles. The summed E-state index contributed by atoms with van der Waals surface area (Å²) in [6.07, 6.45) is -0.455. The highest BCUT2D eigenvalue weighted by Crippen LogP contribution is 2.17. The van der Waals surface area contributed by atoms with Crippen LogP contribution in [0.15, 0.2) is 23.1 Å². The van der Waals surface area contributed by atoms with E-state index in [1.807, 2.05) is 0 Å². The van der Waals surface area contributed by atoms with Crippen LogP contribution in [0.4, 0.5) is 10.1 Å². The summed E-state index contributed by atoms with van der Waals surface area (Å²) < 4.78 is 49.5. The van der Waals surface area contributed by atoms with Gasteiger partial charge in [-0.2, -0.15) is 0 Å². The van der Waals surface area contributed by atoms with E-state index in [4.69, 9.17) is 15.2 Å². The monoisotopic (exact) mass is 292 g/mol. The minimum Gasteiger partial charge on any atom is -0.399 e. The number of anilines is 1. The van der Waals surface area contributed by atoms with Crippen molar-refractivity contribution in [2.75, 3.05) is 33.1 Å². The van der Waals surface area contributed by atoms with Crippen molar-refractivity contribution in [2.24, 2.45) is 0 Å². The number of nitrogens with one attached hydrogen (secondary N) is 1. The number of rotatable bonds is 7. The van der Waals surface area contributed by atoms with Gasteiger partial charge in [0.05, 0.1) is 12.7 Å². The first-order valence-electron chi connectivity index (χ1n) is 5.47. The Morgan fingerprint density at radius 3 is 2.68 bits per heavy atom. The molecule has 108 valence electrons. The number of ether oxygens (including phenoxy) is 2. The number of methoxy groups -OCH3 is 2. The van der Waals surface area contributed by atoms with Crippen LogP contribution in [-0.4, -0.2) is 41.9 Å². The van der Waals surface area contributed by atoms with Crippen molar-refractivity contribution in [3.05, 3.63) is 24.0 Å². The highest BCUT2D eigenvalue weighted by atomic mass is 32.2. The van der Waals surface area contributed by atoms with Crippen molar-refractivity contribution in [2.45, 2.75) is 11.0 Å². The predicted molar refractivity (Wildman–Crippen MR) is 68.7 cm³/mol. The van der Waals surface area contributed by atoms with Crippen LogP contribution in [-0.2, 0) is 19.5 Å². The molecule has 0 aliphatic rings. The molecule has 0 saturated heterocycles. The fourth-order valence-electron chi connectivity index (χ4n) is 1.40. The molecule has 0 aliphatic carbocycles. The molecule has 1 unspecified atom stereocenters. The summed E-state index contributed by atoms with van der Waals surface area (Å²) in [5, 5.41) is 0. The van der Waals surface area contributed by atoms with Crippen molar-refractivity contribution in [1.82, 2.24) is 4.72 Å². The zero-order valence-corrected chi connectivity index (χ0v) is 11.5. The van der Waals surface area contributed by atoms with Crippen molar-refractivity contribution in [1.29, 1.82) is 0 Å². The SMILES string of the molecule is COCC(CNS(=O)(=O)c1cc(N)ccc1F)OC. The highest BCUT2D eigenvalue weighted by Gasteiger charge is 2.20. The Morgan fingerprint density at radius 1 is 1.42 bits per heavy atom. The summed E-state index contributed by atoms with van der Waals surface area (Å²) >= 11 is 0. The third kappa shape index (κ3) is 4.43. The maximum atomic E-state index is 13.5. The van der Waals surface area contributed by atoms with Crippen LogP contribution >= 0.6 is 0 Å². The first kappa shape index (κ1) is 15.8. The minimum atomic E-state index is -3.98. The molecule has 1 aromatic rings. The molecule has 0 heterocycles. The van der Waals surface area contributed by atoms with E-state index in [0.29, 0.717) is 0 Å². The minimum absolute atomic E-state index is 0.0269. The number of nitrogens with two attached hydrogens (primary N) is 1. The third-order valence-electron chi connectivity index (χ3n) is 2.43. The standard InChI is InChI=1S/C11H17FN2O4S/c1-17-7-9(18-2)6-14-19(15,16)11-5-8(13)3-4-10(11)12/h3-5,9,14H,6-7,13H2,1-2H3. The lowest BCUT2D eigenvalue weighted by Crippen LogP contribution is -2.36. The number of hydrogen-bond donors (Lipinski definition) is 2. The molecule has 19 heavy (non-hydrogen) atoms. The lowest BCUT2D eigenvalue weighted by Gasteiger charge is -2.15. The van der Waals surface area contributed by atoms with E-state index in [9.17, 15) is 12.8 Å². The van der Waals surface area contributed by atoms with E-state index in [0.717, 1.165) is 12.1 Å². The second kappa shape index (κ2) is 6.80. The van der Waals surface area contributed by atoms with Gasteiger partial charge in [-0.1, -0.05) is 0 Å². The summed E-state index contributed by atoms with van der Waals surface area (Å²) in [6, 6.07) is 3.36. The average Bonchev–Trinajstić information content (AvgIpc) is 2.37. The largest absolute Gasteiger partial charge is 0.399 e. The highest BCUT2D eigenvalue weighted by molar-refractivity contribution is 7.89. The van der Waals surface area contributed by atoms with E-state index >= 15 is 0 Å². The number of hydrogen-bond acceptors (Lipinski definition) is 5. The molecule has 6 nitrogen and oxygen atoms in total. The lowest BCUT2D eigenvalue weighted by atomic mass is 10.3. The molecular weight excluding hydrogens is 275 g/mol. The molecule has 0 saturated carbocycles. The van der Waals surface area contributed by atoms with Gasteiger partial charge in [0.15, 0.2) is 0 Å². The van der Waals surface area contributed by atoms with Crippen molar-refractivity contribution in [3.8, 4) is 0 Å². The van der Waals surface area contributed by atoms with E-state index in [1.54, 1.807) is 0 Å². The smallest absolute Gasteiger partial charge is 0.243 e. The summed E-state index contributed by atoms with van der Waals surface area (Å²) in [7, 11) is -1.08. The predicted octanol–water partition coefficient (Wildman–Crippen LogP) is 0.348. The van der Waals surface area contributed by atoms with E-state index in [1.165, 1.54) is 20.3 Å². The number of sulfonamides is 1. The van der Waals surface area contributed by atoms with Gasteiger partial charge in [-0.3, -0.25) is 0 Å². The van der Waals surface area contributed by atoms with Crippen molar-refractivity contribution in [3.63, 3.8) is 0 Å². The van der Waals surface area contributed by atoms with Gasteiger partial charge >= 0.3 is 0 Å². The summed E-state index contributed by atoms with van der Waals surface area (Å²) in [5.41, 5.74) is 5.62. The summed E-state index contributed by atoms with van der Waals surface area (Å²) in [4.78, 5) is -0.486. The lowest BCUT2D eigenvalue weighted by molar-refractivity contribution is 0.0320. The fraction of sp³-hybridized carbons (Fsp3) is 0.455. The maximum Gasteiger partial charge on any atom is 0.243 e. The first-order valence-corrected chi connectivity index (χ1v) is 6.95. The van der Waals surface area contributed by atoms with Crippen LogP contribution in [0.5, 0.6) is 0 Å². The fourth-order valence-corrected chi connectivity index (χ4v) is 2.58. The molecule has 1 rings (SSSR count). The molecule has 8 heteroatoms. The van der Waals surface area contributed by atoms with E-state index in [2.05, 4.69) is 4.72 Å². The Kier molecular flexibility index (Phi) is 5.67. The molecule has 0 amide bonds. The third-order valence-corrected chi connectivity index (χ3v) is 3.87. The van der Waals surface area contributed by atoms with Crippen LogP contribution in [0.1, 0.15) is 0 Å². The molecule has 3 N–H and O–H groups in total. The van der Waals surface area contributed by atoms with Crippen LogP contribution in [0.25, 0.3) is 0 Å². The maximum absolute atomic E-state index is 13.5. The van der Waals surface area contributed by atoms with E-state index < -0.39 is 26.8 Å². The summed E-state index contributed by atoms with van der Waals surface area (Å²) in [6.45, 7) is 0.194. The van der Waals surface area contributed by atoms with Crippen molar-refractivity contribution >= 4 is 15.7 Å². The quantitative estimate of drug-likeness (QED) is 0.708. The van der Waals surface area contributed by atoms with E-state index in [-0.39, 0.29) is 18.8 Å². The zero-order valence-electron chi connectivity index (χ0n) is 10.7. The topological polar surface area (TPSA) is 90.7 Å². The number of nitrogen functional groups attached to an aromatic ring is 1. The molecule has 0 bridgehead atoms. The number of halogens is 1. The Hall–Kier alpha value is -1.22. The van der Waals surface area contributed by atoms with Gasteiger partial charge in [-0.05, 0) is 18.2 Å². The van der Waals surface area contributed by atoms with Crippen molar-refractivity contribution < 1.29 is 22.3 Å². The average molecular weight is 292 g/mol. The second-order valence-electron chi connectivity index (χ2n) is 3.85. The zero-order chi connectivity index (χ0) is 14.5. The van der Waals surface area contributed by atoms with Crippen LogP contribution in [0.2, 0.25) is 0 Å².